The van der Waals surface area contributed by atoms with E-state index < -0.39 is 11.9 Å². The second kappa shape index (κ2) is 5.34. The van der Waals surface area contributed by atoms with Gasteiger partial charge in [0.05, 0.1) is 12.8 Å². The van der Waals surface area contributed by atoms with Gasteiger partial charge in [-0.05, 0) is 18.6 Å². The molecule has 0 spiro atoms. The van der Waals surface area contributed by atoms with Crippen molar-refractivity contribution in [2.75, 3.05) is 0 Å². The van der Waals surface area contributed by atoms with Crippen LogP contribution in [-0.4, -0.2) is 22.2 Å². The van der Waals surface area contributed by atoms with E-state index in [9.17, 15) is 9.59 Å². The molecule has 0 saturated carbocycles. The third kappa shape index (κ3) is 3.76. The highest BCUT2D eigenvalue weighted by atomic mass is 16.4. The molecule has 2 N–H and O–H groups in total. The molecule has 0 saturated heterocycles. The van der Waals surface area contributed by atoms with Crippen LogP contribution in [-0.2, 0) is 22.4 Å². The van der Waals surface area contributed by atoms with Gasteiger partial charge in [-0.2, -0.15) is 0 Å². The Balaban J connectivity index is 2.59. The molecule has 0 aliphatic carbocycles. The van der Waals surface area contributed by atoms with Crippen LogP contribution in [0.5, 0.6) is 0 Å². The van der Waals surface area contributed by atoms with E-state index in [1.165, 1.54) is 0 Å². The van der Waals surface area contributed by atoms with Gasteiger partial charge in [0.1, 0.15) is 11.5 Å². The van der Waals surface area contributed by atoms with Gasteiger partial charge >= 0.3 is 11.9 Å². The predicted molar refractivity (Wildman–Crippen MR) is 55.4 cm³/mol. The van der Waals surface area contributed by atoms with Crippen molar-refractivity contribution in [2.24, 2.45) is 0 Å². The minimum absolute atomic E-state index is 0.0192. The molecule has 1 aromatic heterocycles. The summed E-state index contributed by atoms with van der Waals surface area (Å²) in [7, 11) is 0. The van der Waals surface area contributed by atoms with Crippen molar-refractivity contribution in [2.45, 2.75) is 32.6 Å². The summed E-state index contributed by atoms with van der Waals surface area (Å²) in [6.07, 6.45) is 0.718. The average molecular weight is 226 g/mol. The van der Waals surface area contributed by atoms with Crippen molar-refractivity contribution in [3.8, 4) is 0 Å². The number of rotatable bonds is 6. The molecule has 5 heteroatoms. The van der Waals surface area contributed by atoms with Gasteiger partial charge in [-0.25, -0.2) is 0 Å². The van der Waals surface area contributed by atoms with E-state index in [1.54, 1.807) is 6.07 Å². The van der Waals surface area contributed by atoms with E-state index >= 15 is 0 Å². The molecule has 0 atom stereocenters. The molecule has 16 heavy (non-hydrogen) atoms. The monoisotopic (exact) mass is 226 g/mol. The maximum absolute atomic E-state index is 10.4. The van der Waals surface area contributed by atoms with Gasteiger partial charge in [0.2, 0.25) is 0 Å². The molecular formula is C11H14O5. The molecule has 0 radical (unpaired) electrons. The molecular weight excluding hydrogens is 212 g/mol. The Labute approximate surface area is 92.7 Å². The standard InChI is InChI=1S/C11H14O5/c1-7-6-8(2-4-10(12)13)16-9(7)3-5-11(14)15/h6H,2-5H2,1H3,(H,12,13)(H,14,15). The van der Waals surface area contributed by atoms with Gasteiger partial charge in [-0.1, -0.05) is 0 Å². The first-order chi connectivity index (χ1) is 7.49. The zero-order valence-corrected chi connectivity index (χ0v) is 9.02. The highest BCUT2D eigenvalue weighted by Gasteiger charge is 2.10. The second-order valence-corrected chi connectivity index (χ2v) is 3.61. The summed E-state index contributed by atoms with van der Waals surface area (Å²) in [5, 5.41) is 17.0. The predicted octanol–water partition coefficient (Wildman–Crippen LogP) is 1.62. The molecule has 88 valence electrons. The number of aryl methyl sites for hydroxylation is 3. The number of hydrogen-bond donors (Lipinski definition) is 2. The lowest BCUT2D eigenvalue weighted by Crippen LogP contribution is -1.97. The third-order valence-corrected chi connectivity index (χ3v) is 2.22. The maximum Gasteiger partial charge on any atom is 0.303 e. The van der Waals surface area contributed by atoms with Gasteiger partial charge in [-0.3, -0.25) is 9.59 Å². The summed E-state index contributed by atoms with van der Waals surface area (Å²) in [4.78, 5) is 20.7. The number of aliphatic carboxylic acids is 2. The molecule has 0 aliphatic heterocycles. The SMILES string of the molecule is Cc1cc(CCC(=O)O)oc1CCC(=O)O. The van der Waals surface area contributed by atoms with Crippen LogP contribution in [0.1, 0.15) is 29.9 Å². The first-order valence-corrected chi connectivity index (χ1v) is 5.01. The van der Waals surface area contributed by atoms with E-state index in [1.807, 2.05) is 6.92 Å². The van der Waals surface area contributed by atoms with Crippen molar-refractivity contribution < 1.29 is 24.2 Å². The van der Waals surface area contributed by atoms with Crippen LogP contribution in [0.3, 0.4) is 0 Å². The van der Waals surface area contributed by atoms with Crippen LogP contribution >= 0.6 is 0 Å². The summed E-state index contributed by atoms with van der Waals surface area (Å²) in [5.74, 6) is -0.521. The topological polar surface area (TPSA) is 87.7 Å². The number of hydrogen-bond acceptors (Lipinski definition) is 3. The lowest BCUT2D eigenvalue weighted by atomic mass is 10.1. The number of carboxylic acid groups (broad SMARTS) is 2. The summed E-state index contributed by atoms with van der Waals surface area (Å²) in [6.45, 7) is 1.82. The Morgan fingerprint density at radius 1 is 1.19 bits per heavy atom. The summed E-state index contributed by atoms with van der Waals surface area (Å²) in [6, 6.07) is 1.76. The lowest BCUT2D eigenvalue weighted by molar-refractivity contribution is -0.137. The van der Waals surface area contributed by atoms with Crippen molar-refractivity contribution in [3.63, 3.8) is 0 Å². The Bertz CT molecular complexity index is 391. The Kier molecular flexibility index (Phi) is 4.10. The molecule has 1 rings (SSSR count). The van der Waals surface area contributed by atoms with Crippen LogP contribution in [0.4, 0.5) is 0 Å². The average Bonchev–Trinajstić information content (AvgIpc) is 2.53. The van der Waals surface area contributed by atoms with Crippen molar-refractivity contribution in [1.82, 2.24) is 0 Å². The Morgan fingerprint density at radius 3 is 2.31 bits per heavy atom. The Morgan fingerprint density at radius 2 is 1.75 bits per heavy atom. The zero-order chi connectivity index (χ0) is 12.1. The molecule has 0 aromatic carbocycles. The van der Waals surface area contributed by atoms with Gasteiger partial charge in [0, 0.05) is 12.8 Å². The minimum Gasteiger partial charge on any atom is -0.481 e. The quantitative estimate of drug-likeness (QED) is 0.769. The fraction of sp³-hybridized carbons (Fsp3) is 0.455. The highest BCUT2D eigenvalue weighted by Crippen LogP contribution is 2.17. The first kappa shape index (κ1) is 12.3. The number of carboxylic acids is 2. The maximum atomic E-state index is 10.4. The smallest absolute Gasteiger partial charge is 0.303 e. The molecule has 0 amide bonds. The molecule has 0 unspecified atom stereocenters. The molecule has 0 aliphatic rings. The summed E-state index contributed by atoms with van der Waals surface area (Å²) in [5.41, 5.74) is 0.877. The van der Waals surface area contributed by atoms with E-state index in [-0.39, 0.29) is 12.8 Å². The number of carbonyl (C=O) groups is 2. The van der Waals surface area contributed by atoms with Crippen molar-refractivity contribution >= 4 is 11.9 Å². The van der Waals surface area contributed by atoms with E-state index in [4.69, 9.17) is 14.6 Å². The summed E-state index contributed by atoms with van der Waals surface area (Å²) >= 11 is 0. The second-order valence-electron chi connectivity index (χ2n) is 3.61. The first-order valence-electron chi connectivity index (χ1n) is 5.01. The van der Waals surface area contributed by atoms with Gasteiger partial charge in [-0.15, -0.1) is 0 Å². The van der Waals surface area contributed by atoms with Crippen LogP contribution < -0.4 is 0 Å². The number of furan rings is 1. The lowest BCUT2D eigenvalue weighted by Gasteiger charge is -1.95. The van der Waals surface area contributed by atoms with E-state index in [0.717, 1.165) is 5.56 Å². The minimum atomic E-state index is -0.874. The Hall–Kier alpha value is -1.78. The van der Waals surface area contributed by atoms with Crippen molar-refractivity contribution in [1.29, 1.82) is 0 Å². The fourth-order valence-electron chi connectivity index (χ4n) is 1.41. The molecule has 0 fully saturated rings. The van der Waals surface area contributed by atoms with E-state index in [0.29, 0.717) is 24.4 Å². The largest absolute Gasteiger partial charge is 0.481 e. The van der Waals surface area contributed by atoms with Gasteiger partial charge in [0.25, 0.3) is 0 Å². The van der Waals surface area contributed by atoms with Gasteiger partial charge in [0.15, 0.2) is 0 Å². The zero-order valence-electron chi connectivity index (χ0n) is 9.02. The third-order valence-electron chi connectivity index (χ3n) is 2.22. The van der Waals surface area contributed by atoms with E-state index in [2.05, 4.69) is 0 Å². The molecule has 5 nitrogen and oxygen atoms in total. The molecule has 1 heterocycles. The normalized spacial score (nSPS) is 10.3. The van der Waals surface area contributed by atoms with Crippen LogP contribution in [0.25, 0.3) is 0 Å². The summed E-state index contributed by atoms with van der Waals surface area (Å²) < 4.78 is 5.39. The van der Waals surface area contributed by atoms with Crippen molar-refractivity contribution in [3.05, 3.63) is 23.2 Å². The highest BCUT2D eigenvalue weighted by molar-refractivity contribution is 5.67. The molecule has 0 bridgehead atoms. The van der Waals surface area contributed by atoms with Gasteiger partial charge < -0.3 is 14.6 Å². The van der Waals surface area contributed by atoms with Crippen LogP contribution in [0.15, 0.2) is 10.5 Å². The van der Waals surface area contributed by atoms with Crippen LogP contribution in [0.2, 0.25) is 0 Å². The molecule has 1 aromatic rings. The fourth-order valence-corrected chi connectivity index (χ4v) is 1.41. The van der Waals surface area contributed by atoms with Crippen LogP contribution in [0, 0.1) is 6.92 Å².